The first kappa shape index (κ1) is 21.6. The molecule has 0 unspecified atom stereocenters. The number of nitrogens with zero attached hydrogens (tertiary/aromatic N) is 2. The lowest BCUT2D eigenvalue weighted by molar-refractivity contribution is -0.113. The van der Waals surface area contributed by atoms with Gasteiger partial charge in [0.1, 0.15) is 5.52 Å². The highest BCUT2D eigenvalue weighted by atomic mass is 32.2. The first-order valence-corrected chi connectivity index (χ1v) is 10.6. The molecule has 3 aromatic rings. The number of hydrogen-bond acceptors (Lipinski definition) is 6. The third-order valence-electron chi connectivity index (χ3n) is 4.51. The predicted octanol–water partition coefficient (Wildman–Crippen LogP) is 3.35. The topological polar surface area (TPSA) is 106 Å². The van der Waals surface area contributed by atoms with E-state index in [1.165, 1.54) is 18.9 Å². The Morgan fingerprint density at radius 2 is 2.07 bits per heavy atom. The molecular weight excluding hydrogens is 404 g/mol. The zero-order chi connectivity index (χ0) is 21.7. The predicted molar refractivity (Wildman–Crippen MR) is 117 cm³/mol. The molecule has 0 radical (unpaired) electrons. The van der Waals surface area contributed by atoms with E-state index in [-0.39, 0.29) is 22.8 Å². The van der Waals surface area contributed by atoms with Gasteiger partial charge in [0.25, 0.3) is 5.56 Å². The van der Waals surface area contributed by atoms with E-state index in [1.54, 1.807) is 28.8 Å². The van der Waals surface area contributed by atoms with Gasteiger partial charge in [0.2, 0.25) is 5.91 Å². The van der Waals surface area contributed by atoms with Crippen LogP contribution in [0.2, 0.25) is 0 Å². The molecule has 0 fully saturated rings. The summed E-state index contributed by atoms with van der Waals surface area (Å²) in [5.74, 6) is -0.789. The highest BCUT2D eigenvalue weighted by Crippen LogP contribution is 2.21. The van der Waals surface area contributed by atoms with E-state index in [9.17, 15) is 14.4 Å². The summed E-state index contributed by atoms with van der Waals surface area (Å²) in [5, 5.41) is 3.23. The number of carbonyl (C=O) groups excluding carboxylic acids is 2. The first-order valence-electron chi connectivity index (χ1n) is 9.64. The Bertz CT molecular complexity index is 1140. The van der Waals surface area contributed by atoms with Gasteiger partial charge in [-0.2, -0.15) is 0 Å². The standard InChI is InChI=1S/C21H24N4O4S/c1-4-5-10-25-19(27)18-16(11-13(2)22-18)24-21(25)30-12-17(26)23-15-9-7-6-8-14(15)20(28)29-3/h6-9,11,22H,4-5,10,12H2,1-3H3,(H,23,26). The minimum atomic E-state index is -0.526. The maximum atomic E-state index is 12.9. The molecule has 0 saturated carbocycles. The third kappa shape index (κ3) is 4.73. The van der Waals surface area contributed by atoms with Crippen LogP contribution >= 0.6 is 11.8 Å². The maximum Gasteiger partial charge on any atom is 0.339 e. The molecule has 0 aliphatic heterocycles. The zero-order valence-electron chi connectivity index (χ0n) is 17.2. The molecule has 0 saturated heterocycles. The van der Waals surface area contributed by atoms with Crippen molar-refractivity contribution in [3.8, 4) is 0 Å². The van der Waals surface area contributed by atoms with Crippen molar-refractivity contribution in [2.75, 3.05) is 18.2 Å². The molecule has 9 heteroatoms. The number of methoxy groups -OCH3 is 1. The molecule has 1 aromatic carbocycles. The lowest BCUT2D eigenvalue weighted by atomic mass is 10.2. The van der Waals surface area contributed by atoms with Gasteiger partial charge in [0.15, 0.2) is 5.16 Å². The molecular formula is C21H24N4O4S. The number of aromatic amines is 1. The Kier molecular flexibility index (Phi) is 6.94. The number of ether oxygens (including phenoxy) is 1. The number of benzene rings is 1. The molecule has 0 bridgehead atoms. The maximum absolute atomic E-state index is 12.9. The average molecular weight is 429 g/mol. The second-order valence-corrected chi connectivity index (χ2v) is 7.73. The van der Waals surface area contributed by atoms with Crippen molar-refractivity contribution < 1.29 is 14.3 Å². The number of carbonyl (C=O) groups is 2. The van der Waals surface area contributed by atoms with Crippen molar-refractivity contribution in [1.82, 2.24) is 14.5 Å². The second kappa shape index (κ2) is 9.62. The summed E-state index contributed by atoms with van der Waals surface area (Å²) >= 11 is 1.19. The van der Waals surface area contributed by atoms with Crippen LogP contribution in [0.4, 0.5) is 5.69 Å². The van der Waals surface area contributed by atoms with Gasteiger partial charge < -0.3 is 15.0 Å². The van der Waals surface area contributed by atoms with Gasteiger partial charge >= 0.3 is 5.97 Å². The van der Waals surface area contributed by atoms with E-state index >= 15 is 0 Å². The summed E-state index contributed by atoms with van der Waals surface area (Å²) in [4.78, 5) is 44.9. The van der Waals surface area contributed by atoms with Crippen molar-refractivity contribution in [2.45, 2.75) is 38.4 Å². The minimum absolute atomic E-state index is 0.0446. The summed E-state index contributed by atoms with van der Waals surface area (Å²) in [6.07, 6.45) is 1.77. The van der Waals surface area contributed by atoms with Gasteiger partial charge in [0.05, 0.1) is 29.6 Å². The Labute approximate surface area is 178 Å². The molecule has 1 amide bonds. The number of thioether (sulfide) groups is 1. The smallest absolute Gasteiger partial charge is 0.339 e. The third-order valence-corrected chi connectivity index (χ3v) is 5.49. The van der Waals surface area contributed by atoms with E-state index in [1.807, 2.05) is 13.0 Å². The van der Waals surface area contributed by atoms with Crippen molar-refractivity contribution >= 4 is 40.4 Å². The largest absolute Gasteiger partial charge is 0.465 e. The minimum Gasteiger partial charge on any atom is -0.465 e. The monoisotopic (exact) mass is 428 g/mol. The van der Waals surface area contributed by atoms with E-state index in [0.29, 0.717) is 28.4 Å². The molecule has 0 aliphatic rings. The van der Waals surface area contributed by atoms with Crippen LogP contribution in [0, 0.1) is 6.92 Å². The number of esters is 1. The lowest BCUT2D eigenvalue weighted by Gasteiger charge is -2.12. The zero-order valence-corrected chi connectivity index (χ0v) is 18.0. The van der Waals surface area contributed by atoms with Gasteiger partial charge in [-0.25, -0.2) is 9.78 Å². The van der Waals surface area contributed by atoms with Gasteiger partial charge in [0, 0.05) is 12.2 Å². The fourth-order valence-corrected chi connectivity index (χ4v) is 3.86. The van der Waals surface area contributed by atoms with Crippen molar-refractivity contribution in [3.05, 3.63) is 51.9 Å². The number of amides is 1. The van der Waals surface area contributed by atoms with Crippen molar-refractivity contribution in [3.63, 3.8) is 0 Å². The number of H-pyrrole nitrogens is 1. The molecule has 30 heavy (non-hydrogen) atoms. The first-order chi connectivity index (χ1) is 14.4. The number of fused-ring (bicyclic) bond motifs is 1. The summed E-state index contributed by atoms with van der Waals surface area (Å²) in [6.45, 7) is 4.46. The number of anilines is 1. The Hall–Kier alpha value is -3.07. The van der Waals surface area contributed by atoms with Gasteiger partial charge in [-0.3, -0.25) is 14.2 Å². The molecule has 0 spiro atoms. The Morgan fingerprint density at radius 1 is 1.30 bits per heavy atom. The SMILES string of the molecule is CCCCn1c(SCC(=O)Nc2ccccc2C(=O)OC)nc2cc(C)[nH]c2c1=O. The van der Waals surface area contributed by atoms with Gasteiger partial charge in [-0.15, -0.1) is 0 Å². The Morgan fingerprint density at radius 3 is 2.80 bits per heavy atom. The van der Waals surface area contributed by atoms with Crippen LogP contribution in [0.25, 0.3) is 11.0 Å². The van der Waals surface area contributed by atoms with Crippen LogP contribution in [0.5, 0.6) is 0 Å². The molecule has 8 nitrogen and oxygen atoms in total. The summed E-state index contributed by atoms with van der Waals surface area (Å²) in [6, 6.07) is 8.46. The number of aromatic nitrogens is 3. The quantitative estimate of drug-likeness (QED) is 0.324. The number of aryl methyl sites for hydroxylation is 1. The number of nitrogens with one attached hydrogen (secondary N) is 2. The number of para-hydroxylation sites is 1. The molecule has 2 heterocycles. The molecule has 2 aromatic heterocycles. The van der Waals surface area contributed by atoms with Gasteiger partial charge in [-0.1, -0.05) is 37.2 Å². The Balaban J connectivity index is 1.80. The van der Waals surface area contributed by atoms with Crippen LogP contribution in [0.15, 0.2) is 40.3 Å². The highest BCUT2D eigenvalue weighted by molar-refractivity contribution is 7.99. The van der Waals surface area contributed by atoms with Crippen LogP contribution in [-0.2, 0) is 16.1 Å². The average Bonchev–Trinajstić information content (AvgIpc) is 3.12. The fourth-order valence-electron chi connectivity index (χ4n) is 3.03. The van der Waals surface area contributed by atoms with Crippen LogP contribution in [0.3, 0.4) is 0 Å². The van der Waals surface area contributed by atoms with Crippen LogP contribution in [0.1, 0.15) is 35.8 Å². The van der Waals surface area contributed by atoms with Crippen LogP contribution in [-0.4, -0.2) is 39.3 Å². The van der Waals surface area contributed by atoms with E-state index in [2.05, 4.69) is 22.2 Å². The molecule has 2 N–H and O–H groups in total. The normalized spacial score (nSPS) is 10.9. The fraction of sp³-hybridized carbons (Fsp3) is 0.333. The summed E-state index contributed by atoms with van der Waals surface area (Å²) < 4.78 is 6.36. The molecule has 0 aliphatic carbocycles. The van der Waals surface area contributed by atoms with E-state index < -0.39 is 5.97 Å². The summed E-state index contributed by atoms with van der Waals surface area (Å²) in [5.41, 5.74) is 2.44. The number of hydrogen-bond donors (Lipinski definition) is 2. The second-order valence-electron chi connectivity index (χ2n) is 6.79. The van der Waals surface area contributed by atoms with E-state index in [0.717, 1.165) is 18.5 Å². The molecule has 3 rings (SSSR count). The number of rotatable bonds is 8. The van der Waals surface area contributed by atoms with Crippen molar-refractivity contribution in [2.24, 2.45) is 0 Å². The van der Waals surface area contributed by atoms with Gasteiger partial charge in [-0.05, 0) is 31.5 Å². The van der Waals surface area contributed by atoms with E-state index in [4.69, 9.17) is 4.74 Å². The van der Waals surface area contributed by atoms with Crippen LogP contribution < -0.4 is 10.9 Å². The molecule has 158 valence electrons. The van der Waals surface area contributed by atoms with Crippen molar-refractivity contribution in [1.29, 1.82) is 0 Å². The molecule has 0 atom stereocenters. The number of unbranched alkanes of at least 4 members (excludes halogenated alkanes) is 1. The summed E-state index contributed by atoms with van der Waals surface area (Å²) in [7, 11) is 1.29. The highest BCUT2D eigenvalue weighted by Gasteiger charge is 2.16. The lowest BCUT2D eigenvalue weighted by Crippen LogP contribution is -2.24.